The Morgan fingerprint density at radius 1 is 1.07 bits per heavy atom. The van der Waals surface area contributed by atoms with Gasteiger partial charge in [0.15, 0.2) is 5.69 Å². The van der Waals surface area contributed by atoms with Gasteiger partial charge in [0.2, 0.25) is 5.88 Å². The molecule has 41 heavy (non-hydrogen) atoms. The van der Waals surface area contributed by atoms with E-state index >= 15 is 0 Å². The van der Waals surface area contributed by atoms with E-state index in [1.54, 1.807) is 37.3 Å². The Bertz CT molecular complexity index is 1520. The predicted molar refractivity (Wildman–Crippen MR) is 155 cm³/mol. The van der Waals surface area contributed by atoms with Crippen LogP contribution in [0.15, 0.2) is 54.6 Å². The average Bonchev–Trinajstić information content (AvgIpc) is 3.34. The molecule has 0 aliphatic carbocycles. The first kappa shape index (κ1) is 30.6. The first-order valence-electron chi connectivity index (χ1n) is 12.6. The van der Waals surface area contributed by atoms with Crippen LogP contribution in [0.2, 0.25) is 10.0 Å². The number of benzene rings is 2. The number of halogens is 5. The van der Waals surface area contributed by atoms with Gasteiger partial charge in [-0.05, 0) is 60.3 Å². The van der Waals surface area contributed by atoms with Crippen LogP contribution in [0.1, 0.15) is 58.7 Å². The van der Waals surface area contributed by atoms with Gasteiger partial charge >= 0.3 is 12.1 Å². The van der Waals surface area contributed by atoms with E-state index < -0.39 is 17.8 Å². The molecular weight excluding hydrogens is 598 g/mol. The minimum absolute atomic E-state index is 0.0739. The van der Waals surface area contributed by atoms with Gasteiger partial charge in [-0.1, -0.05) is 55.2 Å². The van der Waals surface area contributed by atoms with Crippen LogP contribution in [-0.2, 0) is 19.3 Å². The lowest BCUT2D eigenvalue weighted by Crippen LogP contribution is -2.26. The SMILES string of the molecule is CCN(Cc1ccc(C(=O)O)cc1)c1ccc(OCc2c(-c3c(Cl)cccc3Cl)nsc2C(C)C)nc1C(F)(F)F. The number of carboxylic acid groups (broad SMARTS) is 1. The molecule has 4 rings (SSSR count). The zero-order chi connectivity index (χ0) is 29.9. The second-order valence-electron chi connectivity index (χ2n) is 9.45. The number of ether oxygens (including phenoxy) is 1. The summed E-state index contributed by atoms with van der Waals surface area (Å²) in [5.74, 6) is -1.20. The first-order valence-corrected chi connectivity index (χ1v) is 14.1. The van der Waals surface area contributed by atoms with Crippen molar-refractivity contribution >= 4 is 46.4 Å². The van der Waals surface area contributed by atoms with Gasteiger partial charge in [-0.15, -0.1) is 0 Å². The molecule has 0 saturated heterocycles. The van der Waals surface area contributed by atoms with Crippen LogP contribution >= 0.6 is 34.7 Å². The second-order valence-corrected chi connectivity index (χ2v) is 11.1. The van der Waals surface area contributed by atoms with Gasteiger partial charge in [0.05, 0.1) is 27.0 Å². The lowest BCUT2D eigenvalue weighted by molar-refractivity contribution is -0.140. The Kier molecular flexibility index (Phi) is 9.46. The zero-order valence-electron chi connectivity index (χ0n) is 22.3. The van der Waals surface area contributed by atoms with E-state index in [2.05, 4.69) is 9.36 Å². The van der Waals surface area contributed by atoms with E-state index in [9.17, 15) is 18.0 Å². The maximum atomic E-state index is 14.2. The molecule has 12 heteroatoms. The molecule has 4 aromatic rings. The number of nitrogens with zero attached hydrogens (tertiary/aromatic N) is 3. The molecule has 0 amide bonds. The molecule has 0 spiro atoms. The number of pyridine rings is 1. The van der Waals surface area contributed by atoms with Crippen molar-refractivity contribution in [2.24, 2.45) is 0 Å². The number of anilines is 1. The first-order chi connectivity index (χ1) is 19.4. The predicted octanol–water partition coefficient (Wildman–Crippen LogP) is 8.96. The highest BCUT2D eigenvalue weighted by atomic mass is 35.5. The molecule has 0 fully saturated rings. The van der Waals surface area contributed by atoms with E-state index in [-0.39, 0.29) is 42.7 Å². The summed E-state index contributed by atoms with van der Waals surface area (Å²) in [7, 11) is 0. The van der Waals surface area contributed by atoms with E-state index in [0.717, 1.165) is 4.88 Å². The fourth-order valence-corrected chi connectivity index (χ4v) is 5.74. The van der Waals surface area contributed by atoms with Crippen LogP contribution in [0, 0.1) is 0 Å². The molecule has 2 heterocycles. The van der Waals surface area contributed by atoms with Crippen molar-refractivity contribution in [1.29, 1.82) is 0 Å². The van der Waals surface area contributed by atoms with Gasteiger partial charge < -0.3 is 14.7 Å². The van der Waals surface area contributed by atoms with Crippen LogP contribution in [0.4, 0.5) is 18.9 Å². The highest BCUT2D eigenvalue weighted by Crippen LogP contribution is 2.41. The Labute approximate surface area is 249 Å². The summed E-state index contributed by atoms with van der Waals surface area (Å²) in [5, 5.41) is 9.91. The van der Waals surface area contributed by atoms with Crippen molar-refractivity contribution in [3.8, 4) is 17.1 Å². The third-order valence-electron chi connectivity index (χ3n) is 6.32. The van der Waals surface area contributed by atoms with Crippen molar-refractivity contribution in [3.63, 3.8) is 0 Å². The molecule has 0 bridgehead atoms. The number of rotatable bonds is 10. The Morgan fingerprint density at radius 3 is 2.29 bits per heavy atom. The van der Waals surface area contributed by atoms with E-state index in [0.29, 0.717) is 32.4 Å². The summed E-state index contributed by atoms with van der Waals surface area (Å²) in [6.45, 7) is 6.00. The van der Waals surface area contributed by atoms with Crippen LogP contribution in [-0.4, -0.2) is 27.0 Å². The molecule has 0 radical (unpaired) electrons. The summed E-state index contributed by atoms with van der Waals surface area (Å²) in [5.41, 5.74) is 1.29. The number of carbonyl (C=O) groups is 1. The molecule has 0 unspecified atom stereocenters. The number of alkyl halides is 3. The van der Waals surface area contributed by atoms with Crippen molar-refractivity contribution in [2.45, 2.75) is 46.0 Å². The Hall–Kier alpha value is -3.34. The number of aromatic carboxylic acids is 1. The average molecular weight is 625 g/mol. The zero-order valence-corrected chi connectivity index (χ0v) is 24.6. The van der Waals surface area contributed by atoms with Gasteiger partial charge in [-0.25, -0.2) is 9.78 Å². The minimum Gasteiger partial charge on any atom is -0.478 e. The van der Waals surface area contributed by atoms with Gasteiger partial charge in [-0.2, -0.15) is 17.5 Å². The van der Waals surface area contributed by atoms with Crippen LogP contribution in [0.3, 0.4) is 0 Å². The highest BCUT2D eigenvalue weighted by molar-refractivity contribution is 7.06. The topological polar surface area (TPSA) is 75.6 Å². The number of hydrogen-bond donors (Lipinski definition) is 1. The van der Waals surface area contributed by atoms with Crippen LogP contribution < -0.4 is 9.64 Å². The molecule has 1 N–H and O–H groups in total. The highest BCUT2D eigenvalue weighted by Gasteiger charge is 2.37. The molecule has 0 aliphatic heterocycles. The van der Waals surface area contributed by atoms with E-state index in [1.165, 1.54) is 40.7 Å². The van der Waals surface area contributed by atoms with E-state index in [4.69, 9.17) is 33.0 Å². The second kappa shape index (κ2) is 12.7. The number of aromatic nitrogens is 2. The van der Waals surface area contributed by atoms with Gasteiger partial charge in [0, 0.05) is 35.2 Å². The molecule has 2 aromatic carbocycles. The van der Waals surface area contributed by atoms with Crippen molar-refractivity contribution in [2.75, 3.05) is 11.4 Å². The lowest BCUT2D eigenvalue weighted by atomic mass is 10.0. The fourth-order valence-electron chi connectivity index (χ4n) is 4.30. The van der Waals surface area contributed by atoms with Crippen LogP contribution in [0.5, 0.6) is 5.88 Å². The third-order valence-corrected chi connectivity index (χ3v) is 8.14. The molecule has 216 valence electrons. The Balaban J connectivity index is 1.65. The minimum atomic E-state index is -4.75. The summed E-state index contributed by atoms with van der Waals surface area (Å²) in [6, 6.07) is 13.8. The summed E-state index contributed by atoms with van der Waals surface area (Å²) >= 11 is 14.1. The quantitative estimate of drug-likeness (QED) is 0.190. The van der Waals surface area contributed by atoms with Gasteiger partial charge in [-0.3, -0.25) is 0 Å². The normalized spacial score (nSPS) is 11.6. The number of hydrogen-bond acceptors (Lipinski definition) is 6. The fraction of sp³-hybridized carbons (Fsp3) is 0.276. The molecule has 0 aliphatic rings. The molecule has 0 atom stereocenters. The number of carboxylic acids is 1. The maximum Gasteiger partial charge on any atom is 0.435 e. The molecule has 6 nitrogen and oxygen atoms in total. The summed E-state index contributed by atoms with van der Waals surface area (Å²) < 4.78 is 53.0. The maximum absolute atomic E-state index is 14.2. The monoisotopic (exact) mass is 623 g/mol. The van der Waals surface area contributed by atoms with Crippen LogP contribution in [0.25, 0.3) is 11.3 Å². The molecular formula is C29H26Cl2F3N3O3S. The standard InChI is InChI=1S/C29H26Cl2F3N3O3S/c1-4-37(14-17-8-10-18(11-9-17)28(38)39)22-12-13-23(35-27(22)29(32,33)34)40-15-19-25(36-41-26(19)16(2)3)24-20(30)6-5-7-21(24)31/h5-13,16H,4,14-15H2,1-3H3,(H,38,39). The van der Waals surface area contributed by atoms with Crippen molar-refractivity contribution in [3.05, 3.63) is 91.9 Å². The van der Waals surface area contributed by atoms with Gasteiger partial charge in [0.25, 0.3) is 0 Å². The largest absolute Gasteiger partial charge is 0.478 e. The summed E-state index contributed by atoms with van der Waals surface area (Å²) in [6.07, 6.45) is -4.75. The van der Waals surface area contributed by atoms with Gasteiger partial charge in [0.1, 0.15) is 6.61 Å². The van der Waals surface area contributed by atoms with Crippen molar-refractivity contribution in [1.82, 2.24) is 9.36 Å². The Morgan fingerprint density at radius 2 is 1.73 bits per heavy atom. The smallest absolute Gasteiger partial charge is 0.435 e. The third kappa shape index (κ3) is 6.94. The summed E-state index contributed by atoms with van der Waals surface area (Å²) in [4.78, 5) is 17.4. The van der Waals surface area contributed by atoms with E-state index in [1.807, 2.05) is 13.8 Å². The molecule has 2 aromatic heterocycles. The van der Waals surface area contributed by atoms with Crippen molar-refractivity contribution < 1.29 is 27.8 Å². The lowest BCUT2D eigenvalue weighted by Gasteiger charge is -2.26. The molecule has 0 saturated carbocycles.